The molecular formula is C23H31NO6. The highest BCUT2D eigenvalue weighted by molar-refractivity contribution is 5.95. The number of para-hydroxylation sites is 1. The number of ether oxygens (including phenoxy) is 2. The van der Waals surface area contributed by atoms with Gasteiger partial charge in [0.2, 0.25) is 0 Å². The Bertz CT molecular complexity index is 833. The van der Waals surface area contributed by atoms with E-state index in [9.17, 15) is 15.0 Å². The number of fused-ring (bicyclic) bond motifs is 1. The number of amides is 1. The van der Waals surface area contributed by atoms with Crippen LogP contribution < -0.4 is 4.74 Å². The molecule has 2 heterocycles. The average Bonchev–Trinajstić information content (AvgIpc) is 3.07. The summed E-state index contributed by atoms with van der Waals surface area (Å²) in [5, 5.41) is 20.5. The summed E-state index contributed by atoms with van der Waals surface area (Å²) in [5.74, 6) is 1.86. The molecule has 7 heteroatoms. The summed E-state index contributed by atoms with van der Waals surface area (Å²) in [6.07, 6.45) is -0.162. The summed E-state index contributed by atoms with van der Waals surface area (Å²) in [7, 11) is 0. The highest BCUT2D eigenvalue weighted by Crippen LogP contribution is 2.21. The van der Waals surface area contributed by atoms with Crippen molar-refractivity contribution in [2.24, 2.45) is 0 Å². The van der Waals surface area contributed by atoms with Crippen LogP contribution in [0.1, 0.15) is 40.3 Å². The minimum absolute atomic E-state index is 0.0628. The van der Waals surface area contributed by atoms with Gasteiger partial charge in [-0.25, -0.2) is 0 Å². The number of aryl methyl sites for hydroxylation is 3. The van der Waals surface area contributed by atoms with Crippen molar-refractivity contribution in [3.05, 3.63) is 53.0 Å². The first-order chi connectivity index (χ1) is 14.5. The quantitative estimate of drug-likeness (QED) is 0.741. The lowest BCUT2D eigenvalue weighted by Crippen LogP contribution is -2.39. The van der Waals surface area contributed by atoms with Crippen molar-refractivity contribution in [1.29, 1.82) is 0 Å². The number of carbonyl (C=O) groups excluding carboxylic acids is 1. The van der Waals surface area contributed by atoms with Crippen LogP contribution in [0.15, 0.2) is 34.7 Å². The maximum Gasteiger partial charge on any atom is 0.257 e. The molecule has 30 heavy (non-hydrogen) atoms. The summed E-state index contributed by atoms with van der Waals surface area (Å²) in [6.45, 7) is 5.08. The molecule has 0 radical (unpaired) electrons. The van der Waals surface area contributed by atoms with E-state index >= 15 is 0 Å². The number of hydrogen-bond acceptors (Lipinski definition) is 6. The second-order valence-electron chi connectivity index (χ2n) is 7.68. The summed E-state index contributed by atoms with van der Waals surface area (Å²) in [4.78, 5) is 14.7. The average molecular weight is 418 g/mol. The molecule has 1 aromatic heterocycles. The molecule has 2 aromatic rings. The monoisotopic (exact) mass is 417 g/mol. The third-order valence-corrected chi connectivity index (χ3v) is 5.31. The fourth-order valence-electron chi connectivity index (χ4n) is 3.61. The molecule has 0 unspecified atom stereocenters. The number of furan rings is 1. The van der Waals surface area contributed by atoms with Crippen LogP contribution in [0.2, 0.25) is 0 Å². The first-order valence-electron chi connectivity index (χ1n) is 10.5. The maximum absolute atomic E-state index is 13.1. The van der Waals surface area contributed by atoms with Crippen LogP contribution in [-0.2, 0) is 11.2 Å². The van der Waals surface area contributed by atoms with Gasteiger partial charge in [-0.1, -0.05) is 18.2 Å². The lowest BCUT2D eigenvalue weighted by Gasteiger charge is -2.25. The van der Waals surface area contributed by atoms with Gasteiger partial charge in [-0.15, -0.1) is 0 Å². The smallest absolute Gasteiger partial charge is 0.257 e. The van der Waals surface area contributed by atoms with E-state index < -0.39 is 12.2 Å². The van der Waals surface area contributed by atoms with Gasteiger partial charge in [0.15, 0.2) is 0 Å². The Morgan fingerprint density at radius 2 is 1.90 bits per heavy atom. The van der Waals surface area contributed by atoms with Gasteiger partial charge in [-0.3, -0.25) is 4.79 Å². The number of nitrogens with zero attached hydrogens (tertiary/aromatic N) is 1. The SMILES string of the molecule is Cc1cc(C(=O)N2CCOc3ccccc3CCCOC[C@@H](O)[C@@H](O)CC2)c(C)o1. The van der Waals surface area contributed by atoms with E-state index in [2.05, 4.69) is 0 Å². The molecule has 0 fully saturated rings. The number of rotatable bonds is 1. The lowest BCUT2D eigenvalue weighted by molar-refractivity contribution is -0.0429. The minimum atomic E-state index is -0.992. The maximum atomic E-state index is 13.1. The number of aliphatic hydroxyl groups excluding tert-OH is 2. The van der Waals surface area contributed by atoms with Gasteiger partial charge in [0, 0.05) is 13.2 Å². The molecule has 2 N–H and O–H groups in total. The molecule has 0 spiro atoms. The molecule has 2 atom stereocenters. The molecule has 164 valence electrons. The molecule has 1 aliphatic heterocycles. The van der Waals surface area contributed by atoms with Crippen molar-refractivity contribution in [2.75, 3.05) is 32.9 Å². The fraction of sp³-hybridized carbons (Fsp3) is 0.522. The number of hydrogen-bond donors (Lipinski definition) is 2. The first-order valence-corrected chi connectivity index (χ1v) is 10.5. The second-order valence-corrected chi connectivity index (χ2v) is 7.68. The van der Waals surface area contributed by atoms with E-state index in [1.54, 1.807) is 24.8 Å². The van der Waals surface area contributed by atoms with Gasteiger partial charge in [0.1, 0.15) is 30.0 Å². The van der Waals surface area contributed by atoms with Gasteiger partial charge in [-0.05, 0) is 50.8 Å². The summed E-state index contributed by atoms with van der Waals surface area (Å²) < 4.78 is 17.0. The van der Waals surface area contributed by atoms with Crippen LogP contribution in [0.4, 0.5) is 0 Å². The second kappa shape index (κ2) is 10.6. The van der Waals surface area contributed by atoms with Crippen molar-refractivity contribution in [2.45, 2.75) is 45.3 Å². The Kier molecular flexibility index (Phi) is 7.90. The van der Waals surface area contributed by atoms with Gasteiger partial charge in [0.05, 0.1) is 24.8 Å². The number of aliphatic hydroxyl groups is 2. The van der Waals surface area contributed by atoms with Crippen LogP contribution in [0, 0.1) is 13.8 Å². The molecule has 1 amide bonds. The van der Waals surface area contributed by atoms with Crippen molar-refractivity contribution in [3.8, 4) is 5.75 Å². The molecule has 0 aliphatic carbocycles. The van der Waals surface area contributed by atoms with E-state index in [0.717, 1.165) is 24.2 Å². The Hall–Kier alpha value is -2.35. The van der Waals surface area contributed by atoms with Crippen LogP contribution in [0.3, 0.4) is 0 Å². The van der Waals surface area contributed by atoms with Crippen LogP contribution in [0.25, 0.3) is 0 Å². The predicted molar refractivity (Wildman–Crippen MR) is 112 cm³/mol. The summed E-state index contributed by atoms with van der Waals surface area (Å²) in [5.41, 5.74) is 1.58. The van der Waals surface area contributed by atoms with E-state index in [4.69, 9.17) is 13.9 Å². The molecule has 1 aliphatic rings. The third-order valence-electron chi connectivity index (χ3n) is 5.31. The fourth-order valence-corrected chi connectivity index (χ4v) is 3.61. The van der Waals surface area contributed by atoms with E-state index in [1.807, 2.05) is 24.3 Å². The van der Waals surface area contributed by atoms with Crippen LogP contribution >= 0.6 is 0 Å². The van der Waals surface area contributed by atoms with Crippen molar-refractivity contribution in [1.82, 2.24) is 4.90 Å². The first kappa shape index (κ1) is 22.3. The Morgan fingerprint density at radius 3 is 2.67 bits per heavy atom. The molecule has 3 rings (SSSR count). The van der Waals surface area contributed by atoms with Crippen molar-refractivity contribution in [3.63, 3.8) is 0 Å². The van der Waals surface area contributed by atoms with E-state index in [1.165, 1.54) is 0 Å². The number of benzene rings is 1. The third kappa shape index (κ3) is 5.84. The van der Waals surface area contributed by atoms with Gasteiger partial charge < -0.3 is 29.0 Å². The van der Waals surface area contributed by atoms with E-state index in [-0.39, 0.29) is 25.5 Å². The molecule has 0 bridgehead atoms. The largest absolute Gasteiger partial charge is 0.491 e. The van der Waals surface area contributed by atoms with Crippen LogP contribution in [-0.4, -0.2) is 66.1 Å². The standard InChI is InChI=1S/C23H31NO6/c1-16-14-19(17(2)30-16)23(27)24-10-9-20(25)21(26)15-28-12-5-7-18-6-3-4-8-22(18)29-13-11-24/h3-4,6,8,14,20-21,25-26H,5,7,9-13,15H2,1-2H3/t20-,21+/m0/s1. The molecule has 7 nitrogen and oxygen atoms in total. The topological polar surface area (TPSA) is 92.4 Å². The van der Waals surface area contributed by atoms with Gasteiger partial charge in [-0.2, -0.15) is 0 Å². The summed E-state index contributed by atoms with van der Waals surface area (Å²) in [6, 6.07) is 9.57. The Morgan fingerprint density at radius 1 is 1.10 bits per heavy atom. The zero-order chi connectivity index (χ0) is 21.5. The number of carbonyl (C=O) groups is 1. The highest BCUT2D eigenvalue weighted by Gasteiger charge is 2.24. The predicted octanol–water partition coefficient (Wildman–Crippen LogP) is 2.49. The highest BCUT2D eigenvalue weighted by atomic mass is 16.5. The summed E-state index contributed by atoms with van der Waals surface area (Å²) >= 11 is 0. The van der Waals surface area contributed by atoms with E-state index in [0.29, 0.717) is 36.8 Å². The molecule has 0 saturated carbocycles. The molecule has 0 saturated heterocycles. The van der Waals surface area contributed by atoms with Crippen molar-refractivity contribution >= 4 is 5.91 Å². The van der Waals surface area contributed by atoms with Crippen LogP contribution in [0.5, 0.6) is 5.75 Å². The normalized spacial score (nSPS) is 21.8. The zero-order valence-electron chi connectivity index (χ0n) is 17.7. The minimum Gasteiger partial charge on any atom is -0.491 e. The Balaban J connectivity index is 1.77. The Labute approximate surface area is 177 Å². The lowest BCUT2D eigenvalue weighted by atomic mass is 10.1. The molecular weight excluding hydrogens is 386 g/mol. The van der Waals surface area contributed by atoms with Gasteiger partial charge in [0.25, 0.3) is 5.91 Å². The molecule has 1 aromatic carbocycles. The van der Waals surface area contributed by atoms with Gasteiger partial charge >= 0.3 is 0 Å². The zero-order valence-corrected chi connectivity index (χ0v) is 17.7. The van der Waals surface area contributed by atoms with Crippen molar-refractivity contribution < 1.29 is 28.9 Å².